The smallest absolute Gasteiger partial charge is 0.123 e. The zero-order chi connectivity index (χ0) is 14.2. The van der Waals surface area contributed by atoms with Crippen LogP contribution in [0.2, 0.25) is 0 Å². The van der Waals surface area contributed by atoms with E-state index in [1.54, 1.807) is 12.1 Å². The van der Waals surface area contributed by atoms with Gasteiger partial charge in [-0.05, 0) is 29.8 Å². The molecule has 0 saturated heterocycles. The minimum absolute atomic E-state index is 0.249. The van der Waals surface area contributed by atoms with Crippen molar-refractivity contribution in [3.63, 3.8) is 0 Å². The van der Waals surface area contributed by atoms with Gasteiger partial charge in [0.15, 0.2) is 0 Å². The fourth-order valence-electron chi connectivity index (χ4n) is 1.66. The molecule has 1 atom stereocenters. The Morgan fingerprint density at radius 1 is 1.05 bits per heavy atom. The number of benzene rings is 2. The lowest BCUT2D eigenvalue weighted by Gasteiger charge is -2.11. The van der Waals surface area contributed by atoms with Crippen LogP contribution in [0.4, 0.5) is 4.39 Å². The van der Waals surface area contributed by atoms with E-state index in [0.717, 1.165) is 10.5 Å². The normalized spacial score (nSPS) is 12.3. The third-order valence-electron chi connectivity index (χ3n) is 2.68. The summed E-state index contributed by atoms with van der Waals surface area (Å²) in [5.41, 5.74) is 1.09. The van der Waals surface area contributed by atoms with Crippen molar-refractivity contribution in [2.24, 2.45) is 0 Å². The first kappa shape index (κ1) is 15.0. The molecule has 0 aliphatic heterocycles. The summed E-state index contributed by atoms with van der Waals surface area (Å²) in [4.78, 5) is 0.938. The SMILES string of the molecule is OC(COCc1ccccc1)CSc1ccc(F)cc1. The Morgan fingerprint density at radius 3 is 2.45 bits per heavy atom. The second-order valence-corrected chi connectivity index (χ2v) is 5.51. The van der Waals surface area contributed by atoms with E-state index < -0.39 is 6.10 Å². The van der Waals surface area contributed by atoms with Gasteiger partial charge in [-0.2, -0.15) is 0 Å². The highest BCUT2D eigenvalue weighted by atomic mass is 32.2. The molecule has 2 rings (SSSR count). The van der Waals surface area contributed by atoms with Gasteiger partial charge < -0.3 is 9.84 Å². The van der Waals surface area contributed by atoms with Crippen molar-refractivity contribution in [3.05, 3.63) is 66.0 Å². The van der Waals surface area contributed by atoms with Crippen LogP contribution in [0.1, 0.15) is 5.56 Å². The van der Waals surface area contributed by atoms with E-state index in [9.17, 15) is 9.50 Å². The molecule has 0 radical (unpaired) electrons. The lowest BCUT2D eigenvalue weighted by atomic mass is 10.2. The summed E-state index contributed by atoms with van der Waals surface area (Å²) >= 11 is 1.49. The van der Waals surface area contributed by atoms with E-state index in [4.69, 9.17) is 4.74 Å². The molecule has 0 bridgehead atoms. The number of aliphatic hydroxyl groups is 1. The van der Waals surface area contributed by atoms with Gasteiger partial charge in [-0.3, -0.25) is 0 Å². The van der Waals surface area contributed by atoms with Crippen LogP contribution in [0.25, 0.3) is 0 Å². The lowest BCUT2D eigenvalue weighted by Crippen LogP contribution is -2.17. The van der Waals surface area contributed by atoms with Crippen molar-refractivity contribution < 1.29 is 14.2 Å². The first-order valence-electron chi connectivity index (χ1n) is 6.42. The van der Waals surface area contributed by atoms with E-state index in [-0.39, 0.29) is 5.82 Å². The number of hydrogen-bond acceptors (Lipinski definition) is 3. The Hall–Kier alpha value is -1.36. The number of thioether (sulfide) groups is 1. The summed E-state index contributed by atoms with van der Waals surface area (Å²) in [5, 5.41) is 9.82. The molecular weight excluding hydrogens is 275 g/mol. The Kier molecular flexibility index (Phi) is 6.05. The molecule has 0 aliphatic carbocycles. The molecule has 0 fully saturated rings. The molecule has 1 N–H and O–H groups in total. The van der Waals surface area contributed by atoms with E-state index in [2.05, 4.69) is 0 Å². The van der Waals surface area contributed by atoms with E-state index in [1.165, 1.54) is 23.9 Å². The molecular formula is C16H17FO2S. The molecule has 1 unspecified atom stereocenters. The van der Waals surface area contributed by atoms with Gasteiger partial charge in [-0.1, -0.05) is 30.3 Å². The quantitative estimate of drug-likeness (QED) is 0.792. The first-order valence-corrected chi connectivity index (χ1v) is 7.41. The van der Waals surface area contributed by atoms with Crippen LogP contribution < -0.4 is 0 Å². The van der Waals surface area contributed by atoms with Crippen molar-refractivity contribution >= 4 is 11.8 Å². The summed E-state index contributed by atoms with van der Waals surface area (Å²) in [6.07, 6.45) is -0.534. The number of rotatable bonds is 7. The molecule has 20 heavy (non-hydrogen) atoms. The highest BCUT2D eigenvalue weighted by Crippen LogP contribution is 2.19. The van der Waals surface area contributed by atoms with Gasteiger partial charge in [0.2, 0.25) is 0 Å². The molecule has 4 heteroatoms. The summed E-state index contributed by atoms with van der Waals surface area (Å²) in [5.74, 6) is 0.279. The van der Waals surface area contributed by atoms with Crippen LogP contribution in [0.15, 0.2) is 59.5 Å². The Labute approximate surface area is 122 Å². The predicted molar refractivity (Wildman–Crippen MR) is 79.2 cm³/mol. The van der Waals surface area contributed by atoms with Crippen LogP contribution in [-0.4, -0.2) is 23.6 Å². The van der Waals surface area contributed by atoms with Crippen LogP contribution in [-0.2, 0) is 11.3 Å². The summed E-state index contributed by atoms with van der Waals surface area (Å²) < 4.78 is 18.2. The Morgan fingerprint density at radius 2 is 1.75 bits per heavy atom. The minimum Gasteiger partial charge on any atom is -0.390 e. The highest BCUT2D eigenvalue weighted by molar-refractivity contribution is 7.99. The van der Waals surface area contributed by atoms with E-state index in [0.29, 0.717) is 19.0 Å². The number of hydrogen-bond donors (Lipinski definition) is 1. The second kappa shape index (κ2) is 8.04. The maximum Gasteiger partial charge on any atom is 0.123 e. The predicted octanol–water partition coefficient (Wildman–Crippen LogP) is 3.50. The average Bonchev–Trinajstić information content (AvgIpc) is 2.48. The molecule has 2 nitrogen and oxygen atoms in total. The number of ether oxygens (including phenoxy) is 1. The first-order chi connectivity index (χ1) is 9.74. The average molecular weight is 292 g/mol. The van der Waals surface area contributed by atoms with Gasteiger partial charge in [-0.15, -0.1) is 11.8 Å². The standard InChI is InChI=1S/C16H17FO2S/c17-14-6-8-16(9-7-14)20-12-15(18)11-19-10-13-4-2-1-3-5-13/h1-9,15,18H,10-12H2. The molecule has 0 heterocycles. The number of halogens is 1. The van der Waals surface area contributed by atoms with Gasteiger partial charge in [-0.25, -0.2) is 4.39 Å². The molecule has 2 aromatic rings. The fraction of sp³-hybridized carbons (Fsp3) is 0.250. The van der Waals surface area contributed by atoms with E-state index in [1.807, 2.05) is 30.3 Å². The van der Waals surface area contributed by atoms with Gasteiger partial charge in [0.05, 0.1) is 19.3 Å². The van der Waals surface area contributed by atoms with Crippen molar-refractivity contribution in [3.8, 4) is 0 Å². The van der Waals surface area contributed by atoms with Crippen molar-refractivity contribution in [1.29, 1.82) is 0 Å². The Bertz CT molecular complexity index is 502. The molecule has 2 aromatic carbocycles. The fourth-order valence-corrected chi connectivity index (χ4v) is 2.47. The van der Waals surface area contributed by atoms with Crippen molar-refractivity contribution in [2.75, 3.05) is 12.4 Å². The van der Waals surface area contributed by atoms with Crippen LogP contribution >= 0.6 is 11.8 Å². The summed E-state index contributed by atoms with van der Waals surface area (Å²) in [6.45, 7) is 0.794. The van der Waals surface area contributed by atoms with Gasteiger partial charge >= 0.3 is 0 Å². The molecule has 0 spiro atoms. The van der Waals surface area contributed by atoms with Gasteiger partial charge in [0.25, 0.3) is 0 Å². The largest absolute Gasteiger partial charge is 0.390 e. The van der Waals surface area contributed by atoms with Crippen molar-refractivity contribution in [1.82, 2.24) is 0 Å². The third-order valence-corrected chi connectivity index (χ3v) is 3.83. The zero-order valence-electron chi connectivity index (χ0n) is 11.0. The molecule has 0 saturated carbocycles. The zero-order valence-corrected chi connectivity index (χ0v) is 11.9. The van der Waals surface area contributed by atoms with Crippen molar-refractivity contribution in [2.45, 2.75) is 17.6 Å². The topological polar surface area (TPSA) is 29.5 Å². The van der Waals surface area contributed by atoms with Crippen LogP contribution in [0.3, 0.4) is 0 Å². The van der Waals surface area contributed by atoms with Crippen LogP contribution in [0.5, 0.6) is 0 Å². The summed E-state index contributed by atoms with van der Waals surface area (Å²) in [7, 11) is 0. The Balaban J connectivity index is 1.65. The van der Waals surface area contributed by atoms with Gasteiger partial charge in [0.1, 0.15) is 5.82 Å². The number of aliphatic hydroxyl groups excluding tert-OH is 1. The highest BCUT2D eigenvalue weighted by Gasteiger charge is 2.06. The maximum absolute atomic E-state index is 12.7. The molecule has 0 amide bonds. The molecule has 0 aliphatic rings. The lowest BCUT2D eigenvalue weighted by molar-refractivity contribution is 0.0398. The second-order valence-electron chi connectivity index (χ2n) is 4.42. The molecule has 0 aromatic heterocycles. The summed E-state index contributed by atoms with van der Waals surface area (Å²) in [6, 6.07) is 16.1. The van der Waals surface area contributed by atoms with E-state index >= 15 is 0 Å². The monoisotopic (exact) mass is 292 g/mol. The molecule has 106 valence electrons. The minimum atomic E-state index is -0.534. The maximum atomic E-state index is 12.7. The van der Waals surface area contributed by atoms with Crippen LogP contribution in [0, 0.1) is 5.82 Å². The van der Waals surface area contributed by atoms with Gasteiger partial charge in [0, 0.05) is 10.6 Å². The third kappa shape index (κ3) is 5.33.